The largest absolute Gasteiger partial charge is 0.496 e. The summed E-state index contributed by atoms with van der Waals surface area (Å²) < 4.78 is 5.25. The smallest absolute Gasteiger partial charge is 0.182 e. The Hall–Kier alpha value is -2.32. The van der Waals surface area contributed by atoms with Crippen molar-refractivity contribution in [2.45, 2.75) is 6.54 Å². The molecule has 2 aromatic rings. The predicted molar refractivity (Wildman–Crippen MR) is 72.1 cm³/mol. The lowest BCUT2D eigenvalue weighted by Crippen LogP contribution is -2.06. The van der Waals surface area contributed by atoms with Gasteiger partial charge in [0.2, 0.25) is 0 Å². The first kappa shape index (κ1) is 13.1. The van der Waals surface area contributed by atoms with E-state index < -0.39 is 0 Å². The molecule has 2 rings (SSSR count). The highest BCUT2D eigenvalue weighted by atomic mass is 35.5. The van der Waals surface area contributed by atoms with Crippen molar-refractivity contribution >= 4 is 17.4 Å². The molecule has 0 aliphatic heterocycles. The molecule has 1 aromatic carbocycles. The van der Waals surface area contributed by atoms with Gasteiger partial charge in [-0.3, -0.25) is 0 Å². The normalized spacial score (nSPS) is 9.74. The fourth-order valence-corrected chi connectivity index (χ4v) is 1.86. The van der Waals surface area contributed by atoms with Gasteiger partial charge in [-0.1, -0.05) is 17.7 Å². The number of benzene rings is 1. The molecule has 0 aliphatic rings. The summed E-state index contributed by atoms with van der Waals surface area (Å²) >= 11 is 6.13. The highest BCUT2D eigenvalue weighted by molar-refractivity contribution is 6.31. The highest BCUT2D eigenvalue weighted by Crippen LogP contribution is 2.26. The van der Waals surface area contributed by atoms with Gasteiger partial charge in [0.15, 0.2) is 11.5 Å². The van der Waals surface area contributed by atoms with Crippen molar-refractivity contribution in [1.29, 1.82) is 5.26 Å². The third-order valence-electron chi connectivity index (χ3n) is 2.53. The number of aromatic nitrogens is 2. The summed E-state index contributed by atoms with van der Waals surface area (Å²) in [5, 5.41) is 12.6. The number of nitrogens with zero attached hydrogens (tertiary/aromatic N) is 3. The molecular weight excluding hydrogens is 264 g/mol. The second kappa shape index (κ2) is 6.03. The molecule has 1 heterocycles. The molecule has 19 heavy (non-hydrogen) atoms. The number of nitriles is 1. The van der Waals surface area contributed by atoms with Gasteiger partial charge in [-0.25, -0.2) is 9.97 Å². The SMILES string of the molecule is COc1cccc(Cl)c1CNc1nccnc1C#N. The Bertz CT molecular complexity index is 624. The summed E-state index contributed by atoms with van der Waals surface area (Å²) in [4.78, 5) is 7.99. The van der Waals surface area contributed by atoms with Crippen LogP contribution in [0.4, 0.5) is 5.82 Å². The first-order chi connectivity index (χ1) is 9.26. The molecule has 1 aromatic heterocycles. The van der Waals surface area contributed by atoms with E-state index in [0.717, 1.165) is 5.56 Å². The van der Waals surface area contributed by atoms with E-state index in [1.54, 1.807) is 13.2 Å². The van der Waals surface area contributed by atoms with Gasteiger partial charge in [0.05, 0.1) is 7.11 Å². The molecule has 0 radical (unpaired) electrons. The van der Waals surface area contributed by atoms with Gasteiger partial charge in [-0.05, 0) is 12.1 Å². The summed E-state index contributed by atoms with van der Waals surface area (Å²) in [6, 6.07) is 7.39. The molecule has 0 amide bonds. The lowest BCUT2D eigenvalue weighted by Gasteiger charge is -2.11. The maximum absolute atomic E-state index is 8.93. The summed E-state index contributed by atoms with van der Waals surface area (Å²) in [6.45, 7) is 0.399. The van der Waals surface area contributed by atoms with Crippen LogP contribution in [0.25, 0.3) is 0 Å². The molecule has 0 unspecified atom stereocenters. The zero-order valence-corrected chi connectivity index (χ0v) is 11.0. The average molecular weight is 275 g/mol. The highest BCUT2D eigenvalue weighted by Gasteiger charge is 2.09. The monoisotopic (exact) mass is 274 g/mol. The molecule has 0 spiro atoms. The standard InChI is InChI=1S/C13H11ClN4O/c1-19-12-4-2-3-10(14)9(12)8-18-13-11(7-15)16-5-6-17-13/h2-6H,8H2,1H3,(H,17,18). The Labute approximate surface area is 115 Å². The van der Waals surface area contributed by atoms with Crippen LogP contribution in [0.2, 0.25) is 5.02 Å². The minimum absolute atomic E-state index is 0.244. The maximum Gasteiger partial charge on any atom is 0.182 e. The fourth-order valence-electron chi connectivity index (χ4n) is 1.62. The number of nitrogens with one attached hydrogen (secondary N) is 1. The van der Waals surface area contributed by atoms with Gasteiger partial charge < -0.3 is 10.1 Å². The van der Waals surface area contributed by atoms with Crippen LogP contribution in [0.1, 0.15) is 11.3 Å². The van der Waals surface area contributed by atoms with Crippen LogP contribution in [-0.2, 0) is 6.54 Å². The average Bonchev–Trinajstić information content (AvgIpc) is 2.46. The van der Waals surface area contributed by atoms with E-state index in [9.17, 15) is 0 Å². The van der Waals surface area contributed by atoms with Crippen LogP contribution >= 0.6 is 11.6 Å². The molecule has 6 heteroatoms. The number of hydrogen-bond donors (Lipinski definition) is 1. The van der Waals surface area contributed by atoms with E-state index in [0.29, 0.717) is 23.1 Å². The van der Waals surface area contributed by atoms with Crippen molar-refractivity contribution < 1.29 is 4.74 Å². The summed E-state index contributed by atoms with van der Waals surface area (Å²) in [5.41, 5.74) is 1.05. The van der Waals surface area contributed by atoms with E-state index in [4.69, 9.17) is 21.6 Å². The molecule has 0 aliphatic carbocycles. The number of hydrogen-bond acceptors (Lipinski definition) is 5. The van der Waals surface area contributed by atoms with E-state index in [1.165, 1.54) is 12.4 Å². The minimum atomic E-state index is 0.244. The van der Waals surface area contributed by atoms with E-state index in [1.807, 2.05) is 18.2 Å². The molecule has 0 atom stereocenters. The molecular formula is C13H11ClN4O. The van der Waals surface area contributed by atoms with E-state index in [-0.39, 0.29) is 5.69 Å². The maximum atomic E-state index is 8.93. The molecule has 5 nitrogen and oxygen atoms in total. The second-order valence-corrected chi connectivity index (χ2v) is 4.05. The van der Waals surface area contributed by atoms with E-state index in [2.05, 4.69) is 15.3 Å². The van der Waals surface area contributed by atoms with Crippen molar-refractivity contribution in [1.82, 2.24) is 9.97 Å². The van der Waals surface area contributed by atoms with Crippen LogP contribution in [0.5, 0.6) is 5.75 Å². The molecule has 0 saturated carbocycles. The zero-order chi connectivity index (χ0) is 13.7. The Kier molecular flexibility index (Phi) is 4.16. The third-order valence-corrected chi connectivity index (χ3v) is 2.89. The third kappa shape index (κ3) is 2.92. The Morgan fingerprint density at radius 2 is 2.16 bits per heavy atom. The Balaban J connectivity index is 2.22. The van der Waals surface area contributed by atoms with Gasteiger partial charge in [-0.2, -0.15) is 5.26 Å². The summed E-state index contributed by atoms with van der Waals surface area (Å²) in [6.07, 6.45) is 2.99. The first-order valence-electron chi connectivity index (χ1n) is 5.52. The van der Waals surface area contributed by atoms with Gasteiger partial charge in [0.25, 0.3) is 0 Å². The number of methoxy groups -OCH3 is 1. The Morgan fingerprint density at radius 3 is 2.89 bits per heavy atom. The van der Waals surface area contributed by atoms with Crippen molar-refractivity contribution in [3.05, 3.63) is 46.9 Å². The fraction of sp³-hybridized carbons (Fsp3) is 0.154. The predicted octanol–water partition coefficient (Wildman–Crippen LogP) is 2.62. The lowest BCUT2D eigenvalue weighted by atomic mass is 10.2. The van der Waals surface area contributed by atoms with Gasteiger partial charge >= 0.3 is 0 Å². The van der Waals surface area contributed by atoms with Crippen molar-refractivity contribution in [3.63, 3.8) is 0 Å². The molecule has 0 bridgehead atoms. The van der Waals surface area contributed by atoms with E-state index >= 15 is 0 Å². The topological polar surface area (TPSA) is 70.8 Å². The van der Waals surface area contributed by atoms with Crippen LogP contribution < -0.4 is 10.1 Å². The quantitative estimate of drug-likeness (QED) is 0.928. The van der Waals surface area contributed by atoms with Crippen LogP contribution in [0.3, 0.4) is 0 Å². The number of halogens is 1. The molecule has 96 valence electrons. The Morgan fingerprint density at radius 1 is 1.37 bits per heavy atom. The van der Waals surface area contributed by atoms with Gasteiger partial charge in [-0.15, -0.1) is 0 Å². The lowest BCUT2D eigenvalue weighted by molar-refractivity contribution is 0.410. The second-order valence-electron chi connectivity index (χ2n) is 3.64. The molecule has 0 fully saturated rings. The molecule has 1 N–H and O–H groups in total. The van der Waals surface area contributed by atoms with Crippen LogP contribution in [0, 0.1) is 11.3 Å². The van der Waals surface area contributed by atoms with Gasteiger partial charge in [0.1, 0.15) is 11.8 Å². The van der Waals surface area contributed by atoms with Crippen molar-refractivity contribution in [3.8, 4) is 11.8 Å². The zero-order valence-electron chi connectivity index (χ0n) is 10.2. The van der Waals surface area contributed by atoms with Crippen molar-refractivity contribution in [2.24, 2.45) is 0 Å². The van der Waals surface area contributed by atoms with Crippen LogP contribution in [0.15, 0.2) is 30.6 Å². The number of rotatable bonds is 4. The number of anilines is 1. The first-order valence-corrected chi connectivity index (χ1v) is 5.90. The number of ether oxygens (including phenoxy) is 1. The van der Waals surface area contributed by atoms with Crippen molar-refractivity contribution in [2.75, 3.05) is 12.4 Å². The molecule has 0 saturated heterocycles. The summed E-state index contributed by atoms with van der Waals surface area (Å²) in [5.74, 6) is 1.11. The minimum Gasteiger partial charge on any atom is -0.496 e. The summed E-state index contributed by atoms with van der Waals surface area (Å²) in [7, 11) is 1.58. The van der Waals surface area contributed by atoms with Crippen LogP contribution in [-0.4, -0.2) is 17.1 Å². The van der Waals surface area contributed by atoms with Gasteiger partial charge in [0, 0.05) is 29.5 Å².